The maximum Gasteiger partial charge on any atom is 0.387 e. The molecule has 0 saturated carbocycles. The van der Waals surface area contributed by atoms with Crippen molar-refractivity contribution < 1.29 is 23.0 Å². The van der Waals surface area contributed by atoms with Crippen molar-refractivity contribution in [1.29, 1.82) is 0 Å². The average Bonchev–Trinajstić information content (AvgIpc) is 2.85. The molecule has 8 heteroatoms. The molecule has 1 aromatic carbocycles. The minimum atomic E-state index is -2.90. The van der Waals surface area contributed by atoms with Crippen LogP contribution in [-0.2, 0) is 11.2 Å². The molecule has 0 N–H and O–H groups in total. The predicted molar refractivity (Wildman–Crippen MR) is 88.0 cm³/mol. The summed E-state index contributed by atoms with van der Waals surface area (Å²) in [6.45, 7) is 2.74. The molecule has 5 nitrogen and oxygen atoms in total. The molecule has 0 unspecified atom stereocenters. The number of rotatable bonds is 6. The lowest BCUT2D eigenvalue weighted by Gasteiger charge is -2.11. The number of benzene rings is 1. The maximum absolute atomic E-state index is 12.3. The van der Waals surface area contributed by atoms with Crippen molar-refractivity contribution in [3.63, 3.8) is 0 Å². The molecule has 0 radical (unpaired) electrons. The zero-order valence-corrected chi connectivity index (χ0v) is 15.1. The molecule has 0 aliphatic rings. The van der Waals surface area contributed by atoms with Crippen LogP contribution in [0, 0.1) is 6.92 Å². The lowest BCUT2D eigenvalue weighted by molar-refractivity contribution is -0.0503. The number of halogens is 3. The molecule has 2 rings (SSSR count). The third-order valence-corrected chi connectivity index (χ3v) is 3.97. The van der Waals surface area contributed by atoms with E-state index >= 15 is 0 Å². The zero-order chi connectivity index (χ0) is 17.9. The molecule has 1 heterocycles. The van der Waals surface area contributed by atoms with Gasteiger partial charge >= 0.3 is 12.6 Å². The first kappa shape index (κ1) is 18.4. The molecule has 0 aliphatic heterocycles. The van der Waals surface area contributed by atoms with E-state index in [4.69, 9.17) is 4.74 Å². The molecule has 0 amide bonds. The molecule has 2 aromatic rings. The van der Waals surface area contributed by atoms with Crippen molar-refractivity contribution in [3.05, 3.63) is 39.6 Å². The number of hydrogen-bond acceptors (Lipinski definition) is 4. The predicted octanol–water partition coefficient (Wildman–Crippen LogP) is 4.28. The van der Waals surface area contributed by atoms with Crippen molar-refractivity contribution in [3.8, 4) is 11.4 Å². The summed E-state index contributed by atoms with van der Waals surface area (Å²) < 4.78 is 36.2. The van der Waals surface area contributed by atoms with Gasteiger partial charge in [-0.25, -0.2) is 9.48 Å². The molecule has 1 aromatic heterocycles. The Kier molecular flexibility index (Phi) is 5.93. The van der Waals surface area contributed by atoms with Gasteiger partial charge in [-0.2, -0.15) is 13.9 Å². The Hall–Kier alpha value is -1.96. The monoisotopic (exact) mass is 402 g/mol. The SMILES string of the molecule is CCOC(=O)c1c(C)nn(-c2ccc(OC(F)F)c(Br)c2)c1CC. The summed E-state index contributed by atoms with van der Waals surface area (Å²) in [6, 6.07) is 4.63. The fraction of sp³-hybridized carbons (Fsp3) is 0.375. The van der Waals surface area contributed by atoms with E-state index < -0.39 is 12.6 Å². The van der Waals surface area contributed by atoms with Gasteiger partial charge in [0.15, 0.2) is 0 Å². The average molecular weight is 403 g/mol. The number of hydrogen-bond donors (Lipinski definition) is 0. The fourth-order valence-corrected chi connectivity index (χ4v) is 2.86. The van der Waals surface area contributed by atoms with Gasteiger partial charge in [-0.1, -0.05) is 6.92 Å². The van der Waals surface area contributed by atoms with Gasteiger partial charge < -0.3 is 9.47 Å². The second-order valence-corrected chi connectivity index (χ2v) is 5.74. The summed E-state index contributed by atoms with van der Waals surface area (Å²) in [6.07, 6.45) is 0.557. The third-order valence-electron chi connectivity index (χ3n) is 3.35. The van der Waals surface area contributed by atoms with E-state index in [0.717, 1.165) is 0 Å². The number of alkyl halides is 2. The molecule has 0 spiro atoms. The van der Waals surface area contributed by atoms with Crippen molar-refractivity contribution in [2.24, 2.45) is 0 Å². The van der Waals surface area contributed by atoms with E-state index in [1.165, 1.54) is 6.07 Å². The Morgan fingerprint density at radius 3 is 2.62 bits per heavy atom. The number of carbonyl (C=O) groups excluding carboxylic acids is 1. The highest BCUT2D eigenvalue weighted by atomic mass is 79.9. The molecular weight excluding hydrogens is 386 g/mol. The maximum atomic E-state index is 12.3. The highest BCUT2D eigenvalue weighted by molar-refractivity contribution is 9.10. The molecule has 0 fully saturated rings. The Bertz CT molecular complexity index is 747. The second kappa shape index (κ2) is 7.74. The summed E-state index contributed by atoms with van der Waals surface area (Å²) in [5.74, 6) is -0.392. The first-order chi connectivity index (χ1) is 11.4. The van der Waals surface area contributed by atoms with Crippen molar-refractivity contribution >= 4 is 21.9 Å². The summed E-state index contributed by atoms with van der Waals surface area (Å²) in [5, 5.41) is 4.39. The van der Waals surface area contributed by atoms with Gasteiger partial charge in [-0.05, 0) is 54.4 Å². The zero-order valence-electron chi connectivity index (χ0n) is 13.5. The van der Waals surface area contributed by atoms with Crippen LogP contribution in [0.4, 0.5) is 8.78 Å². The lowest BCUT2D eigenvalue weighted by Crippen LogP contribution is -2.10. The summed E-state index contributed by atoms with van der Waals surface area (Å²) in [5.41, 5.74) is 2.30. The summed E-state index contributed by atoms with van der Waals surface area (Å²) in [4.78, 5) is 12.1. The van der Waals surface area contributed by atoms with Gasteiger partial charge in [-0.3, -0.25) is 0 Å². The van der Waals surface area contributed by atoms with Crippen LogP contribution in [0.5, 0.6) is 5.75 Å². The number of esters is 1. The highest BCUT2D eigenvalue weighted by Gasteiger charge is 2.22. The van der Waals surface area contributed by atoms with E-state index in [1.807, 2.05) is 6.92 Å². The van der Waals surface area contributed by atoms with E-state index in [0.29, 0.717) is 33.5 Å². The van der Waals surface area contributed by atoms with Crippen molar-refractivity contribution in [1.82, 2.24) is 9.78 Å². The molecule has 0 aliphatic carbocycles. The largest absolute Gasteiger partial charge is 0.462 e. The first-order valence-electron chi connectivity index (χ1n) is 7.39. The Morgan fingerprint density at radius 1 is 1.38 bits per heavy atom. The number of ether oxygens (including phenoxy) is 2. The number of carbonyl (C=O) groups is 1. The fourth-order valence-electron chi connectivity index (χ4n) is 2.40. The Morgan fingerprint density at radius 2 is 2.08 bits per heavy atom. The van der Waals surface area contributed by atoms with Crippen LogP contribution in [0.3, 0.4) is 0 Å². The van der Waals surface area contributed by atoms with Crippen LogP contribution >= 0.6 is 15.9 Å². The van der Waals surface area contributed by atoms with E-state index in [1.54, 1.807) is 30.7 Å². The number of aromatic nitrogens is 2. The van der Waals surface area contributed by atoms with Gasteiger partial charge in [0.05, 0.1) is 28.2 Å². The van der Waals surface area contributed by atoms with Crippen LogP contribution in [0.25, 0.3) is 5.69 Å². The van der Waals surface area contributed by atoms with Gasteiger partial charge in [-0.15, -0.1) is 0 Å². The van der Waals surface area contributed by atoms with Crippen LogP contribution in [0.1, 0.15) is 35.6 Å². The molecule has 24 heavy (non-hydrogen) atoms. The van der Waals surface area contributed by atoms with Gasteiger partial charge in [0.1, 0.15) is 11.3 Å². The summed E-state index contributed by atoms with van der Waals surface area (Å²) >= 11 is 3.21. The quantitative estimate of drug-likeness (QED) is 0.676. The third kappa shape index (κ3) is 3.75. The molecule has 0 bridgehead atoms. The Balaban J connectivity index is 2.47. The van der Waals surface area contributed by atoms with Crippen LogP contribution in [0.15, 0.2) is 22.7 Å². The molecule has 0 atom stereocenters. The van der Waals surface area contributed by atoms with Crippen LogP contribution in [-0.4, -0.2) is 29.0 Å². The van der Waals surface area contributed by atoms with Crippen molar-refractivity contribution in [2.45, 2.75) is 33.8 Å². The smallest absolute Gasteiger partial charge is 0.387 e. The number of aryl methyl sites for hydroxylation is 1. The lowest BCUT2D eigenvalue weighted by atomic mass is 10.1. The van der Waals surface area contributed by atoms with Crippen LogP contribution < -0.4 is 4.74 Å². The van der Waals surface area contributed by atoms with E-state index in [2.05, 4.69) is 25.8 Å². The van der Waals surface area contributed by atoms with Crippen molar-refractivity contribution in [2.75, 3.05) is 6.61 Å². The normalized spacial score (nSPS) is 11.0. The van der Waals surface area contributed by atoms with E-state index in [-0.39, 0.29) is 12.4 Å². The molecular formula is C16H17BrF2N2O3. The van der Waals surface area contributed by atoms with Gasteiger partial charge in [0, 0.05) is 0 Å². The Labute approximate surface area is 146 Å². The molecule has 0 saturated heterocycles. The first-order valence-corrected chi connectivity index (χ1v) is 8.18. The topological polar surface area (TPSA) is 53.3 Å². The molecule has 130 valence electrons. The summed E-state index contributed by atoms with van der Waals surface area (Å²) in [7, 11) is 0. The minimum Gasteiger partial charge on any atom is -0.462 e. The highest BCUT2D eigenvalue weighted by Crippen LogP contribution is 2.30. The standard InChI is InChI=1S/C16H17BrF2N2O3/c1-4-12-14(15(22)23-5-2)9(3)20-21(12)10-6-7-13(11(17)8-10)24-16(18)19/h6-8,16H,4-5H2,1-3H3. The second-order valence-electron chi connectivity index (χ2n) is 4.89. The van der Waals surface area contributed by atoms with E-state index in [9.17, 15) is 13.6 Å². The number of nitrogens with zero attached hydrogens (tertiary/aromatic N) is 2. The van der Waals surface area contributed by atoms with Crippen LogP contribution in [0.2, 0.25) is 0 Å². The minimum absolute atomic E-state index is 0.0290. The van der Waals surface area contributed by atoms with Gasteiger partial charge in [0.25, 0.3) is 0 Å². The van der Waals surface area contributed by atoms with Gasteiger partial charge in [0.2, 0.25) is 0 Å².